The molecule has 1 amide bonds. The van der Waals surface area contributed by atoms with Crippen LogP contribution in [0.1, 0.15) is 22.7 Å². The lowest BCUT2D eigenvalue weighted by Gasteiger charge is -2.14. The van der Waals surface area contributed by atoms with Crippen molar-refractivity contribution in [1.82, 2.24) is 15.5 Å². The van der Waals surface area contributed by atoms with Gasteiger partial charge in [-0.05, 0) is 34.4 Å². The Bertz CT molecular complexity index is 1020. The van der Waals surface area contributed by atoms with Crippen molar-refractivity contribution in [3.8, 4) is 11.1 Å². The van der Waals surface area contributed by atoms with Crippen LogP contribution in [0.15, 0.2) is 71.5 Å². The number of carbonyl (C=O) groups is 1. The zero-order valence-electron chi connectivity index (χ0n) is 15.1. The van der Waals surface area contributed by atoms with Gasteiger partial charge in [-0.3, -0.25) is 4.79 Å². The Morgan fingerprint density at radius 3 is 2.36 bits per heavy atom. The molecule has 6 nitrogen and oxygen atoms in total. The zero-order chi connectivity index (χ0) is 19.3. The first kappa shape index (κ1) is 17.7. The molecule has 0 atom stereocenters. The van der Waals surface area contributed by atoms with Crippen molar-refractivity contribution in [3.05, 3.63) is 93.9 Å². The number of carbonyl (C=O) groups excluding carboxylic acids is 1. The van der Waals surface area contributed by atoms with Crippen LogP contribution in [0.3, 0.4) is 0 Å². The van der Waals surface area contributed by atoms with E-state index in [4.69, 9.17) is 4.74 Å². The van der Waals surface area contributed by atoms with Crippen LogP contribution in [0.25, 0.3) is 17.2 Å². The molecule has 0 unspecified atom stereocenters. The van der Waals surface area contributed by atoms with Crippen LogP contribution in [-0.2, 0) is 4.74 Å². The lowest BCUT2D eigenvalue weighted by atomic mass is 9.98. The van der Waals surface area contributed by atoms with Gasteiger partial charge in [0.1, 0.15) is 6.61 Å². The SMILES string of the molecule is O=C(NCC=Cc1ccc(=O)[nH]n1)OCC1c2ccccc2-c2ccccc21. The van der Waals surface area contributed by atoms with Crippen molar-refractivity contribution >= 4 is 12.2 Å². The van der Waals surface area contributed by atoms with E-state index in [0.717, 1.165) is 0 Å². The molecule has 0 radical (unpaired) electrons. The average Bonchev–Trinajstić information content (AvgIpc) is 3.05. The Morgan fingerprint density at radius 2 is 1.71 bits per heavy atom. The number of fused-ring (bicyclic) bond motifs is 3. The van der Waals surface area contributed by atoms with Crippen LogP contribution in [0.4, 0.5) is 4.79 Å². The highest BCUT2D eigenvalue weighted by atomic mass is 16.5. The van der Waals surface area contributed by atoms with E-state index in [1.165, 1.54) is 28.3 Å². The van der Waals surface area contributed by atoms with E-state index < -0.39 is 6.09 Å². The maximum absolute atomic E-state index is 12.0. The number of benzene rings is 2. The number of nitrogens with one attached hydrogen (secondary N) is 2. The molecule has 1 aliphatic carbocycles. The van der Waals surface area contributed by atoms with Crippen molar-refractivity contribution in [2.24, 2.45) is 0 Å². The maximum atomic E-state index is 12.0. The van der Waals surface area contributed by atoms with Crippen LogP contribution >= 0.6 is 0 Å². The molecule has 0 saturated heterocycles. The Balaban J connectivity index is 1.34. The number of rotatable bonds is 5. The van der Waals surface area contributed by atoms with Gasteiger partial charge in [0.05, 0.1) is 5.69 Å². The molecule has 1 heterocycles. The number of alkyl carbamates (subject to hydrolysis) is 1. The summed E-state index contributed by atoms with van der Waals surface area (Å²) in [4.78, 5) is 23.0. The van der Waals surface area contributed by atoms with E-state index in [1.807, 2.05) is 24.3 Å². The fourth-order valence-corrected chi connectivity index (χ4v) is 3.42. The number of H-pyrrole nitrogens is 1. The van der Waals surface area contributed by atoms with Crippen LogP contribution in [0.2, 0.25) is 0 Å². The van der Waals surface area contributed by atoms with Crippen molar-refractivity contribution in [1.29, 1.82) is 0 Å². The molecule has 28 heavy (non-hydrogen) atoms. The molecule has 2 aromatic carbocycles. The lowest BCUT2D eigenvalue weighted by molar-refractivity contribution is 0.144. The molecule has 0 fully saturated rings. The minimum absolute atomic E-state index is 0.0408. The van der Waals surface area contributed by atoms with Crippen LogP contribution in [0.5, 0.6) is 0 Å². The average molecular weight is 373 g/mol. The van der Waals surface area contributed by atoms with Gasteiger partial charge in [-0.15, -0.1) is 0 Å². The molecular formula is C22H19N3O3. The Labute approximate surface area is 161 Å². The largest absolute Gasteiger partial charge is 0.449 e. The van der Waals surface area contributed by atoms with Gasteiger partial charge in [-0.25, -0.2) is 9.89 Å². The van der Waals surface area contributed by atoms with Crippen LogP contribution in [0, 0.1) is 0 Å². The third-order valence-electron chi connectivity index (χ3n) is 4.70. The monoisotopic (exact) mass is 373 g/mol. The lowest BCUT2D eigenvalue weighted by Crippen LogP contribution is -2.26. The van der Waals surface area contributed by atoms with Gasteiger partial charge in [-0.1, -0.05) is 54.6 Å². The van der Waals surface area contributed by atoms with Crippen molar-refractivity contribution < 1.29 is 9.53 Å². The second-order valence-electron chi connectivity index (χ2n) is 6.45. The molecule has 6 heteroatoms. The van der Waals surface area contributed by atoms with E-state index in [9.17, 15) is 9.59 Å². The molecule has 4 rings (SSSR count). The van der Waals surface area contributed by atoms with E-state index >= 15 is 0 Å². The summed E-state index contributed by atoms with van der Waals surface area (Å²) in [5.74, 6) is 0.0408. The molecule has 3 aromatic rings. The summed E-state index contributed by atoms with van der Waals surface area (Å²) in [5, 5.41) is 8.90. The summed E-state index contributed by atoms with van der Waals surface area (Å²) in [6.45, 7) is 0.586. The number of aromatic amines is 1. The standard InChI is InChI=1S/C22H19N3O3/c26-21-12-11-15(24-25-21)6-5-13-23-22(27)28-14-20-18-9-3-1-7-16(18)17-8-2-4-10-19(17)20/h1-12,20H,13-14H2,(H,23,27)(H,25,26). The van der Waals surface area contributed by atoms with Gasteiger partial charge in [-0.2, -0.15) is 5.10 Å². The molecule has 0 aliphatic heterocycles. The van der Waals surface area contributed by atoms with E-state index in [-0.39, 0.29) is 18.1 Å². The first-order valence-electron chi connectivity index (χ1n) is 9.03. The van der Waals surface area contributed by atoms with Gasteiger partial charge in [0, 0.05) is 18.5 Å². The third kappa shape index (κ3) is 3.71. The van der Waals surface area contributed by atoms with Gasteiger partial charge < -0.3 is 10.1 Å². The molecule has 140 valence electrons. The van der Waals surface area contributed by atoms with Crippen molar-refractivity contribution in [2.75, 3.05) is 13.2 Å². The highest BCUT2D eigenvalue weighted by Crippen LogP contribution is 2.44. The van der Waals surface area contributed by atoms with E-state index in [0.29, 0.717) is 12.2 Å². The number of nitrogens with zero attached hydrogens (tertiary/aromatic N) is 1. The second-order valence-corrected chi connectivity index (χ2v) is 6.45. The fourth-order valence-electron chi connectivity index (χ4n) is 3.42. The first-order chi connectivity index (χ1) is 13.7. The molecule has 0 bridgehead atoms. The van der Waals surface area contributed by atoms with E-state index in [2.05, 4.69) is 39.8 Å². The summed E-state index contributed by atoms with van der Waals surface area (Å²) in [6.07, 6.45) is 2.97. The predicted octanol–water partition coefficient (Wildman–Crippen LogP) is 3.32. The molecule has 2 N–H and O–H groups in total. The van der Waals surface area contributed by atoms with Crippen molar-refractivity contribution in [2.45, 2.75) is 5.92 Å². The first-order valence-corrected chi connectivity index (χ1v) is 9.03. The van der Waals surface area contributed by atoms with Crippen molar-refractivity contribution in [3.63, 3.8) is 0 Å². The summed E-state index contributed by atoms with van der Waals surface area (Å²) in [6, 6.07) is 19.4. The number of ether oxygens (including phenoxy) is 1. The van der Waals surface area contributed by atoms with Gasteiger partial charge >= 0.3 is 6.09 Å². The Kier molecular flexibility index (Phi) is 5.01. The minimum Gasteiger partial charge on any atom is -0.449 e. The second kappa shape index (κ2) is 7.92. The van der Waals surface area contributed by atoms with Crippen LogP contribution < -0.4 is 10.9 Å². The zero-order valence-corrected chi connectivity index (χ0v) is 15.1. The minimum atomic E-state index is -0.471. The highest BCUT2D eigenvalue weighted by Gasteiger charge is 2.28. The molecule has 1 aromatic heterocycles. The number of amides is 1. The Hall–Kier alpha value is -3.67. The normalized spacial score (nSPS) is 12.6. The van der Waals surface area contributed by atoms with Gasteiger partial charge in [0.2, 0.25) is 0 Å². The molecule has 1 aliphatic rings. The maximum Gasteiger partial charge on any atom is 0.407 e. The number of hydrogen-bond donors (Lipinski definition) is 2. The number of hydrogen-bond acceptors (Lipinski definition) is 4. The van der Waals surface area contributed by atoms with Gasteiger partial charge in [0.25, 0.3) is 5.56 Å². The smallest absolute Gasteiger partial charge is 0.407 e. The van der Waals surface area contributed by atoms with Gasteiger partial charge in [0.15, 0.2) is 0 Å². The third-order valence-corrected chi connectivity index (χ3v) is 4.70. The Morgan fingerprint density at radius 1 is 1.04 bits per heavy atom. The fraction of sp³-hybridized carbons (Fsp3) is 0.136. The summed E-state index contributed by atoms with van der Waals surface area (Å²) in [5.41, 5.74) is 5.11. The highest BCUT2D eigenvalue weighted by molar-refractivity contribution is 5.79. The summed E-state index contributed by atoms with van der Waals surface area (Å²) >= 11 is 0. The topological polar surface area (TPSA) is 84.1 Å². The quantitative estimate of drug-likeness (QED) is 0.719. The van der Waals surface area contributed by atoms with Crippen LogP contribution in [-0.4, -0.2) is 29.4 Å². The molecule has 0 saturated carbocycles. The van der Waals surface area contributed by atoms with E-state index in [1.54, 1.807) is 18.2 Å². The summed E-state index contributed by atoms with van der Waals surface area (Å²) in [7, 11) is 0. The molecule has 0 spiro atoms. The molecular weight excluding hydrogens is 354 g/mol. The summed E-state index contributed by atoms with van der Waals surface area (Å²) < 4.78 is 5.46. The predicted molar refractivity (Wildman–Crippen MR) is 107 cm³/mol. The number of aromatic nitrogens is 2.